The maximum absolute atomic E-state index is 13.6. The predicted molar refractivity (Wildman–Crippen MR) is 267 cm³/mol. The van der Waals surface area contributed by atoms with Crippen molar-refractivity contribution in [2.45, 2.75) is 93.4 Å². The SMILES string of the molecule is CC.CCN(C1(c2ccc(-c3ccccc3)cc2)CCC1)S(=O)(=O)c1ccc(OC(F)F)cc1.O=C(O)CN(C1(c2ccc(-c3ccc(Cl)cc3)cc2)CCC1)S(=O)(=O)c1ccc(OC(F)F)cc1.O=CO. The molecule has 0 unspecified atom stereocenters. The molecule has 0 atom stereocenters. The summed E-state index contributed by atoms with van der Waals surface area (Å²) < 4.78 is 115. The second-order valence-electron chi connectivity index (χ2n) is 16.2. The van der Waals surface area contributed by atoms with Crippen molar-refractivity contribution >= 4 is 44.1 Å². The summed E-state index contributed by atoms with van der Waals surface area (Å²) in [5.74, 6) is -1.56. The van der Waals surface area contributed by atoms with E-state index in [0.29, 0.717) is 30.0 Å². The van der Waals surface area contributed by atoms with E-state index in [4.69, 9.17) is 21.5 Å². The molecule has 384 valence electrons. The standard InChI is InChI=1S/C25H22ClF2NO5S.C25H25F2NO3S.C2H6.CH2O2/c26-20-8-4-18(5-9-20)17-2-6-19(7-3-17)25(14-1-15-25)29(16-23(30)31)35(32,33)22-12-10-21(11-13-22)34-24(27)28;1-2-28(32(29,30)23-15-13-22(14-16-23)31-24(26)27)25(17-6-18-25)21-11-9-20(10-12-21)19-7-4-3-5-8-19;1-2;2-1-3/h2-13,24H,1,14-16H2,(H,30,31);3-5,7-16,24H,2,6,17-18H2,1H3;1-2H3;1H,(H,2,3). The van der Waals surface area contributed by atoms with Crippen LogP contribution in [0.5, 0.6) is 11.5 Å². The molecule has 0 aromatic heterocycles. The van der Waals surface area contributed by atoms with Gasteiger partial charge in [0.2, 0.25) is 20.0 Å². The predicted octanol–water partition coefficient (Wildman–Crippen LogP) is 12.5. The lowest BCUT2D eigenvalue weighted by molar-refractivity contribution is -0.139. The molecule has 2 aliphatic rings. The molecule has 0 spiro atoms. The van der Waals surface area contributed by atoms with Gasteiger partial charge >= 0.3 is 19.2 Å². The van der Waals surface area contributed by atoms with Crippen LogP contribution in [-0.4, -0.2) is 74.4 Å². The van der Waals surface area contributed by atoms with Crippen molar-refractivity contribution in [2.24, 2.45) is 0 Å². The smallest absolute Gasteiger partial charge is 0.387 e. The minimum absolute atomic E-state index is 0.0631. The molecule has 2 aliphatic carbocycles. The largest absolute Gasteiger partial charge is 0.483 e. The van der Waals surface area contributed by atoms with Crippen molar-refractivity contribution < 1.29 is 63.7 Å². The van der Waals surface area contributed by atoms with Crippen molar-refractivity contribution in [3.8, 4) is 33.8 Å². The van der Waals surface area contributed by atoms with E-state index in [1.807, 2.05) is 112 Å². The summed E-state index contributed by atoms with van der Waals surface area (Å²) in [5, 5.41) is 17.1. The molecule has 2 N–H and O–H groups in total. The lowest BCUT2D eigenvalue weighted by Crippen LogP contribution is -2.55. The van der Waals surface area contributed by atoms with Crippen LogP contribution in [0.15, 0.2) is 161 Å². The van der Waals surface area contributed by atoms with Crippen LogP contribution in [0.1, 0.15) is 70.4 Å². The van der Waals surface area contributed by atoms with Crippen molar-refractivity contribution in [3.05, 3.63) is 168 Å². The molecule has 12 nitrogen and oxygen atoms in total. The maximum Gasteiger partial charge on any atom is 0.387 e. The minimum atomic E-state index is -4.28. The Kier molecular flexibility index (Phi) is 19.9. The fourth-order valence-corrected chi connectivity index (χ4v) is 12.5. The number of benzene rings is 6. The van der Waals surface area contributed by atoms with Crippen LogP contribution in [0.25, 0.3) is 22.3 Å². The first-order valence-electron chi connectivity index (χ1n) is 22.9. The monoisotopic (exact) mass is 1050 g/mol. The van der Waals surface area contributed by atoms with Gasteiger partial charge in [-0.25, -0.2) is 16.8 Å². The van der Waals surface area contributed by atoms with Gasteiger partial charge in [-0.15, -0.1) is 0 Å². The fraction of sp³-hybridized carbons (Fsp3) is 0.283. The number of carbonyl (C=O) groups is 2. The van der Waals surface area contributed by atoms with Gasteiger partial charge in [0, 0.05) is 11.6 Å². The Bertz CT molecular complexity index is 2890. The van der Waals surface area contributed by atoms with Gasteiger partial charge in [0.25, 0.3) is 6.47 Å². The zero-order valence-electron chi connectivity index (χ0n) is 39.6. The number of sulfonamides is 2. The summed E-state index contributed by atoms with van der Waals surface area (Å²) in [5.41, 5.74) is 4.02. The van der Waals surface area contributed by atoms with E-state index < -0.39 is 56.9 Å². The highest BCUT2D eigenvalue weighted by atomic mass is 35.5. The number of alkyl halides is 4. The van der Waals surface area contributed by atoms with Gasteiger partial charge in [-0.3, -0.25) is 9.59 Å². The highest BCUT2D eigenvalue weighted by molar-refractivity contribution is 7.89. The summed E-state index contributed by atoms with van der Waals surface area (Å²) in [6.45, 7) is -0.865. The number of nitrogens with zero attached hydrogens (tertiary/aromatic N) is 2. The minimum Gasteiger partial charge on any atom is -0.483 e. The van der Waals surface area contributed by atoms with Crippen molar-refractivity contribution in [2.75, 3.05) is 13.1 Å². The van der Waals surface area contributed by atoms with Gasteiger partial charge in [-0.1, -0.05) is 123 Å². The molecule has 0 saturated heterocycles. The van der Waals surface area contributed by atoms with E-state index in [-0.39, 0.29) is 27.8 Å². The van der Waals surface area contributed by atoms with Crippen LogP contribution >= 0.6 is 11.6 Å². The third-order valence-electron chi connectivity index (χ3n) is 12.3. The van der Waals surface area contributed by atoms with Crippen molar-refractivity contribution in [3.63, 3.8) is 0 Å². The number of hydrogen-bond acceptors (Lipinski definition) is 8. The molecule has 0 amide bonds. The third kappa shape index (κ3) is 13.2. The topological polar surface area (TPSA) is 168 Å². The zero-order chi connectivity index (χ0) is 52.7. The molecule has 0 aliphatic heterocycles. The number of halogens is 5. The van der Waals surface area contributed by atoms with E-state index in [0.717, 1.165) is 82.1 Å². The van der Waals surface area contributed by atoms with E-state index in [9.17, 15) is 44.3 Å². The number of carboxylic acids is 1. The third-order valence-corrected chi connectivity index (χ3v) is 16.5. The van der Waals surface area contributed by atoms with Gasteiger partial charge in [0.15, 0.2) is 0 Å². The van der Waals surface area contributed by atoms with Crippen LogP contribution < -0.4 is 9.47 Å². The first-order valence-corrected chi connectivity index (χ1v) is 26.1. The number of ether oxygens (including phenoxy) is 2. The molecule has 2 saturated carbocycles. The fourth-order valence-electron chi connectivity index (χ4n) is 8.74. The van der Waals surface area contributed by atoms with Gasteiger partial charge in [-0.05, 0) is 133 Å². The lowest BCUT2D eigenvalue weighted by atomic mass is 9.71. The Hall–Kier alpha value is -6.31. The molecular formula is C53H55ClF4N2O10S2. The number of carboxylic acid groups (broad SMARTS) is 2. The van der Waals surface area contributed by atoms with Crippen molar-refractivity contribution in [1.82, 2.24) is 8.61 Å². The summed E-state index contributed by atoms with van der Waals surface area (Å²) in [4.78, 5) is 19.9. The zero-order valence-corrected chi connectivity index (χ0v) is 42.0. The average molecular weight is 1060 g/mol. The molecule has 8 rings (SSSR count). The molecule has 0 bridgehead atoms. The quantitative estimate of drug-likeness (QED) is 0.0662. The van der Waals surface area contributed by atoms with Crippen LogP contribution in [-0.2, 0) is 40.7 Å². The highest BCUT2D eigenvalue weighted by Crippen LogP contribution is 2.50. The van der Waals surface area contributed by atoms with E-state index in [2.05, 4.69) is 9.47 Å². The number of hydrogen-bond donors (Lipinski definition) is 2. The normalized spacial score (nSPS) is 14.5. The van der Waals surface area contributed by atoms with Crippen molar-refractivity contribution in [1.29, 1.82) is 0 Å². The summed E-state index contributed by atoms with van der Waals surface area (Å²) in [6, 6.07) is 42.4. The van der Waals surface area contributed by atoms with E-state index >= 15 is 0 Å². The van der Waals surface area contributed by atoms with Crippen LogP contribution in [0.2, 0.25) is 5.02 Å². The molecular weight excluding hydrogens is 1000 g/mol. The molecule has 0 radical (unpaired) electrons. The molecule has 6 aromatic rings. The molecule has 72 heavy (non-hydrogen) atoms. The van der Waals surface area contributed by atoms with Gasteiger partial charge in [0.05, 0.1) is 20.9 Å². The molecule has 6 aromatic carbocycles. The Morgan fingerprint density at radius 2 is 0.931 bits per heavy atom. The summed E-state index contributed by atoms with van der Waals surface area (Å²) in [7, 11) is -8.12. The Morgan fingerprint density at radius 1 is 0.597 bits per heavy atom. The number of aliphatic carboxylic acids is 1. The van der Waals surface area contributed by atoms with Gasteiger partial charge < -0.3 is 19.7 Å². The van der Waals surface area contributed by atoms with Crippen LogP contribution in [0.3, 0.4) is 0 Å². The summed E-state index contributed by atoms with van der Waals surface area (Å²) in [6.07, 6.45) is 4.03. The summed E-state index contributed by atoms with van der Waals surface area (Å²) >= 11 is 5.96. The Labute approximate surface area is 422 Å². The van der Waals surface area contributed by atoms with Gasteiger partial charge in [-0.2, -0.15) is 26.2 Å². The van der Waals surface area contributed by atoms with Crippen LogP contribution in [0.4, 0.5) is 17.6 Å². The lowest BCUT2D eigenvalue weighted by Gasteiger charge is -2.49. The highest BCUT2D eigenvalue weighted by Gasteiger charge is 2.51. The molecule has 19 heteroatoms. The molecule has 2 fully saturated rings. The second-order valence-corrected chi connectivity index (χ2v) is 20.3. The molecule has 0 heterocycles. The van der Waals surface area contributed by atoms with Gasteiger partial charge in [0.1, 0.15) is 18.0 Å². The maximum atomic E-state index is 13.6. The Morgan fingerprint density at radius 3 is 1.25 bits per heavy atom. The number of rotatable bonds is 17. The van der Waals surface area contributed by atoms with E-state index in [1.165, 1.54) is 24.3 Å². The first-order chi connectivity index (χ1) is 34.4. The second kappa shape index (κ2) is 25.4. The Balaban J connectivity index is 0.000000246. The van der Waals surface area contributed by atoms with Crippen LogP contribution in [0, 0.1) is 0 Å². The first kappa shape index (κ1) is 56.6. The average Bonchev–Trinajstić information content (AvgIpc) is 3.34. The van der Waals surface area contributed by atoms with E-state index in [1.54, 1.807) is 16.4 Å².